The molecule has 2 heterocycles. The number of thioether (sulfide) groups is 1. The van der Waals surface area contributed by atoms with Crippen LogP contribution in [-0.2, 0) is 12.3 Å². The Bertz CT molecular complexity index is 1010. The fraction of sp³-hybridized carbons (Fsp3) is 0.250. The van der Waals surface area contributed by atoms with Gasteiger partial charge in [0.25, 0.3) is 0 Å². The highest BCUT2D eigenvalue weighted by molar-refractivity contribution is 7.98. The first-order valence-electron chi connectivity index (χ1n) is 8.66. The highest BCUT2D eigenvalue weighted by Gasteiger charge is 2.14. The Kier molecular flexibility index (Phi) is 4.75. The topological polar surface area (TPSA) is 56.7 Å². The lowest BCUT2D eigenvalue weighted by molar-refractivity contribution is 0.503. The number of hydrogen-bond donors (Lipinski definition) is 0. The van der Waals surface area contributed by atoms with Gasteiger partial charge in [-0.05, 0) is 30.2 Å². The Balaban J connectivity index is 1.56. The average Bonchev–Trinajstić information content (AvgIpc) is 3.26. The van der Waals surface area contributed by atoms with E-state index in [0.29, 0.717) is 23.5 Å². The molecule has 0 aliphatic rings. The molecule has 0 unspecified atom stereocenters. The zero-order chi connectivity index (χ0) is 17.9. The van der Waals surface area contributed by atoms with Gasteiger partial charge < -0.3 is 8.98 Å². The summed E-state index contributed by atoms with van der Waals surface area (Å²) < 4.78 is 8.08. The van der Waals surface area contributed by atoms with Crippen molar-refractivity contribution in [2.24, 2.45) is 5.92 Å². The maximum Gasteiger partial charge on any atom is 0.247 e. The van der Waals surface area contributed by atoms with Gasteiger partial charge in [-0.1, -0.05) is 55.9 Å². The van der Waals surface area contributed by atoms with E-state index in [9.17, 15) is 0 Å². The summed E-state index contributed by atoms with van der Waals surface area (Å²) in [5, 5.41) is 9.32. The van der Waals surface area contributed by atoms with E-state index in [1.54, 1.807) is 11.8 Å². The van der Waals surface area contributed by atoms with E-state index in [1.807, 2.05) is 36.4 Å². The third kappa shape index (κ3) is 3.51. The largest absolute Gasteiger partial charge is 0.420 e. The molecule has 0 saturated carbocycles. The number of rotatable bonds is 6. The monoisotopic (exact) mass is 364 g/mol. The molecule has 26 heavy (non-hydrogen) atoms. The minimum atomic E-state index is 0.542. The van der Waals surface area contributed by atoms with Crippen LogP contribution in [0.5, 0.6) is 0 Å². The van der Waals surface area contributed by atoms with Crippen molar-refractivity contribution in [3.05, 3.63) is 60.5 Å². The van der Waals surface area contributed by atoms with Gasteiger partial charge in [0.2, 0.25) is 11.8 Å². The van der Waals surface area contributed by atoms with Crippen LogP contribution in [0.1, 0.15) is 19.7 Å². The summed E-state index contributed by atoms with van der Waals surface area (Å²) in [7, 11) is 0. The second kappa shape index (κ2) is 7.33. The average molecular weight is 364 g/mol. The molecule has 132 valence electrons. The Morgan fingerprint density at radius 1 is 1.00 bits per heavy atom. The van der Waals surface area contributed by atoms with Gasteiger partial charge in [-0.15, -0.1) is 10.2 Å². The van der Waals surface area contributed by atoms with Crippen LogP contribution in [-0.4, -0.2) is 19.7 Å². The quantitative estimate of drug-likeness (QED) is 0.449. The number of fused-ring (bicyclic) bond motifs is 1. The highest BCUT2D eigenvalue weighted by atomic mass is 32.2. The number of nitrogens with zero attached hydrogens (tertiary/aromatic N) is 4. The first kappa shape index (κ1) is 16.8. The van der Waals surface area contributed by atoms with Crippen LogP contribution >= 0.6 is 11.8 Å². The van der Waals surface area contributed by atoms with Gasteiger partial charge in [-0.3, -0.25) is 0 Å². The molecule has 2 aromatic carbocycles. The molecule has 0 spiro atoms. The van der Waals surface area contributed by atoms with Crippen LogP contribution in [0.4, 0.5) is 0 Å². The Labute approximate surface area is 156 Å². The smallest absolute Gasteiger partial charge is 0.247 e. The first-order chi connectivity index (χ1) is 12.7. The number of imidazole rings is 1. The van der Waals surface area contributed by atoms with E-state index in [1.165, 1.54) is 5.52 Å². The third-order valence-electron chi connectivity index (χ3n) is 3.98. The standard InChI is InChI=1S/C20H20N4OS/c1-14(2)12-24-17-11-7-6-10-16(17)21-20(24)26-13-18-22-23-19(25-18)15-8-4-3-5-9-15/h3-11,14H,12-13H2,1-2H3. The summed E-state index contributed by atoms with van der Waals surface area (Å²) in [4.78, 5) is 4.78. The van der Waals surface area contributed by atoms with Crippen molar-refractivity contribution >= 4 is 22.8 Å². The van der Waals surface area contributed by atoms with Gasteiger partial charge in [0.05, 0.1) is 16.8 Å². The fourth-order valence-corrected chi connectivity index (χ4v) is 3.70. The molecule has 0 fully saturated rings. The van der Waals surface area contributed by atoms with E-state index in [-0.39, 0.29) is 0 Å². The molecular formula is C20H20N4OS. The van der Waals surface area contributed by atoms with Crippen molar-refractivity contribution in [1.82, 2.24) is 19.7 Å². The maximum absolute atomic E-state index is 5.81. The molecule has 0 N–H and O–H groups in total. The van der Waals surface area contributed by atoms with Crippen molar-refractivity contribution in [2.45, 2.75) is 31.3 Å². The Morgan fingerprint density at radius 3 is 2.58 bits per heavy atom. The number of benzene rings is 2. The minimum Gasteiger partial charge on any atom is -0.420 e. The molecule has 0 atom stereocenters. The van der Waals surface area contributed by atoms with Gasteiger partial charge in [0.15, 0.2) is 5.16 Å². The second-order valence-electron chi connectivity index (χ2n) is 6.54. The van der Waals surface area contributed by atoms with Crippen molar-refractivity contribution < 1.29 is 4.42 Å². The van der Waals surface area contributed by atoms with Gasteiger partial charge in [-0.2, -0.15) is 0 Å². The molecule has 0 amide bonds. The van der Waals surface area contributed by atoms with Crippen LogP contribution < -0.4 is 0 Å². The van der Waals surface area contributed by atoms with Gasteiger partial charge in [-0.25, -0.2) is 4.98 Å². The SMILES string of the molecule is CC(C)Cn1c(SCc2nnc(-c3ccccc3)o2)nc2ccccc21. The lowest BCUT2D eigenvalue weighted by Gasteiger charge is -2.10. The molecule has 0 aliphatic carbocycles. The molecule has 0 radical (unpaired) electrons. The predicted octanol–water partition coefficient (Wildman–Crippen LogP) is 5.03. The second-order valence-corrected chi connectivity index (χ2v) is 7.49. The Morgan fingerprint density at radius 2 is 1.77 bits per heavy atom. The Hall–Kier alpha value is -2.60. The lowest BCUT2D eigenvalue weighted by atomic mass is 10.2. The third-order valence-corrected chi connectivity index (χ3v) is 4.94. The van der Waals surface area contributed by atoms with Crippen LogP contribution in [0.2, 0.25) is 0 Å². The summed E-state index contributed by atoms with van der Waals surface area (Å²) in [5.74, 6) is 2.30. The van der Waals surface area contributed by atoms with Gasteiger partial charge in [0.1, 0.15) is 0 Å². The molecule has 2 aromatic heterocycles. The molecule has 5 nitrogen and oxygen atoms in total. The van der Waals surface area contributed by atoms with Crippen LogP contribution in [0, 0.1) is 5.92 Å². The molecule has 0 aliphatic heterocycles. The fourth-order valence-electron chi connectivity index (χ4n) is 2.84. The van der Waals surface area contributed by atoms with E-state index in [4.69, 9.17) is 9.40 Å². The van der Waals surface area contributed by atoms with Crippen molar-refractivity contribution in [1.29, 1.82) is 0 Å². The highest BCUT2D eigenvalue weighted by Crippen LogP contribution is 2.28. The van der Waals surface area contributed by atoms with E-state index < -0.39 is 0 Å². The van der Waals surface area contributed by atoms with Gasteiger partial charge >= 0.3 is 0 Å². The van der Waals surface area contributed by atoms with Gasteiger partial charge in [0, 0.05) is 12.1 Å². The van der Waals surface area contributed by atoms with Crippen LogP contribution in [0.3, 0.4) is 0 Å². The summed E-state index contributed by atoms with van der Waals surface area (Å²) in [6.07, 6.45) is 0. The number of aromatic nitrogens is 4. The number of hydrogen-bond acceptors (Lipinski definition) is 5. The maximum atomic E-state index is 5.81. The lowest BCUT2D eigenvalue weighted by Crippen LogP contribution is -2.05. The summed E-state index contributed by atoms with van der Waals surface area (Å²) in [6, 6.07) is 18.1. The number of para-hydroxylation sites is 2. The molecule has 4 rings (SSSR count). The van der Waals surface area contributed by atoms with E-state index in [0.717, 1.165) is 22.8 Å². The van der Waals surface area contributed by atoms with Crippen molar-refractivity contribution in [2.75, 3.05) is 0 Å². The van der Waals surface area contributed by atoms with Crippen molar-refractivity contribution in [3.8, 4) is 11.5 Å². The first-order valence-corrected chi connectivity index (χ1v) is 9.65. The summed E-state index contributed by atoms with van der Waals surface area (Å²) in [6.45, 7) is 5.36. The molecule has 6 heteroatoms. The predicted molar refractivity (Wildman–Crippen MR) is 104 cm³/mol. The minimum absolute atomic E-state index is 0.542. The molecule has 4 aromatic rings. The van der Waals surface area contributed by atoms with Crippen molar-refractivity contribution in [3.63, 3.8) is 0 Å². The summed E-state index contributed by atoms with van der Waals surface area (Å²) in [5.41, 5.74) is 3.12. The van der Waals surface area contributed by atoms with Crippen LogP contribution in [0.15, 0.2) is 64.2 Å². The molecule has 0 saturated heterocycles. The van der Waals surface area contributed by atoms with E-state index >= 15 is 0 Å². The normalized spacial score (nSPS) is 11.5. The van der Waals surface area contributed by atoms with Crippen LogP contribution in [0.25, 0.3) is 22.5 Å². The zero-order valence-electron chi connectivity index (χ0n) is 14.8. The summed E-state index contributed by atoms with van der Waals surface area (Å²) >= 11 is 1.63. The zero-order valence-corrected chi connectivity index (χ0v) is 15.6. The molecule has 0 bridgehead atoms. The molecular weight excluding hydrogens is 344 g/mol. The van der Waals surface area contributed by atoms with E-state index in [2.05, 4.69) is 46.8 Å².